The molecule has 100 valence electrons. The Bertz CT molecular complexity index is 736. The second-order valence-electron chi connectivity index (χ2n) is 5.16. The SMILES string of the molecule is Cc1cccc(CC(O)c2ccc3cccnc3c2)c1. The predicted molar refractivity (Wildman–Crippen MR) is 81.6 cm³/mol. The summed E-state index contributed by atoms with van der Waals surface area (Å²) in [5.74, 6) is 0. The lowest BCUT2D eigenvalue weighted by Crippen LogP contribution is -2.02. The zero-order chi connectivity index (χ0) is 13.9. The standard InChI is InChI=1S/C18H17NO/c1-13-4-2-5-14(10-13)11-18(20)16-8-7-15-6-3-9-19-17(15)12-16/h2-10,12,18,20H,11H2,1H3. The van der Waals surface area contributed by atoms with E-state index >= 15 is 0 Å². The minimum atomic E-state index is -0.497. The Balaban J connectivity index is 1.86. The topological polar surface area (TPSA) is 33.1 Å². The van der Waals surface area contributed by atoms with Crippen molar-refractivity contribution in [2.45, 2.75) is 19.4 Å². The third-order valence-electron chi connectivity index (χ3n) is 3.53. The first-order chi connectivity index (χ1) is 9.72. The van der Waals surface area contributed by atoms with Gasteiger partial charge in [-0.1, -0.05) is 48.0 Å². The van der Waals surface area contributed by atoms with Crippen LogP contribution in [0.25, 0.3) is 10.9 Å². The van der Waals surface area contributed by atoms with Crippen molar-refractivity contribution in [3.63, 3.8) is 0 Å². The minimum absolute atomic E-state index is 0.497. The van der Waals surface area contributed by atoms with Crippen LogP contribution in [-0.4, -0.2) is 10.1 Å². The highest BCUT2D eigenvalue weighted by Gasteiger charge is 2.09. The molecule has 0 spiro atoms. The van der Waals surface area contributed by atoms with E-state index < -0.39 is 6.10 Å². The van der Waals surface area contributed by atoms with Crippen LogP contribution < -0.4 is 0 Å². The minimum Gasteiger partial charge on any atom is -0.388 e. The summed E-state index contributed by atoms with van der Waals surface area (Å²) in [5, 5.41) is 11.5. The number of aliphatic hydroxyl groups excluding tert-OH is 1. The summed E-state index contributed by atoms with van der Waals surface area (Å²) >= 11 is 0. The van der Waals surface area contributed by atoms with E-state index in [1.165, 1.54) is 5.56 Å². The Kier molecular flexibility index (Phi) is 3.48. The van der Waals surface area contributed by atoms with Gasteiger partial charge in [-0.15, -0.1) is 0 Å². The Morgan fingerprint density at radius 2 is 1.95 bits per heavy atom. The first-order valence-corrected chi connectivity index (χ1v) is 6.81. The molecule has 0 aliphatic heterocycles. The molecule has 0 saturated heterocycles. The molecule has 0 aliphatic carbocycles. The molecule has 1 unspecified atom stereocenters. The molecule has 0 fully saturated rings. The fourth-order valence-corrected chi connectivity index (χ4v) is 2.47. The van der Waals surface area contributed by atoms with E-state index in [1.54, 1.807) is 6.20 Å². The van der Waals surface area contributed by atoms with E-state index in [0.717, 1.165) is 22.0 Å². The van der Waals surface area contributed by atoms with Gasteiger partial charge in [-0.25, -0.2) is 0 Å². The van der Waals surface area contributed by atoms with Gasteiger partial charge in [0.05, 0.1) is 11.6 Å². The first-order valence-electron chi connectivity index (χ1n) is 6.81. The number of rotatable bonds is 3. The third-order valence-corrected chi connectivity index (χ3v) is 3.53. The summed E-state index contributed by atoms with van der Waals surface area (Å²) in [6.45, 7) is 2.07. The molecule has 2 nitrogen and oxygen atoms in total. The Morgan fingerprint density at radius 1 is 1.05 bits per heavy atom. The highest BCUT2D eigenvalue weighted by Crippen LogP contribution is 2.22. The van der Waals surface area contributed by atoms with Crippen LogP contribution in [0.2, 0.25) is 0 Å². The summed E-state index contributed by atoms with van der Waals surface area (Å²) < 4.78 is 0. The maximum atomic E-state index is 10.4. The molecule has 0 bridgehead atoms. The van der Waals surface area contributed by atoms with E-state index in [2.05, 4.69) is 30.1 Å². The van der Waals surface area contributed by atoms with Gasteiger partial charge in [-0.05, 0) is 30.2 Å². The highest BCUT2D eigenvalue weighted by atomic mass is 16.3. The van der Waals surface area contributed by atoms with Crippen molar-refractivity contribution in [1.82, 2.24) is 4.98 Å². The molecule has 1 aromatic heterocycles. The molecule has 1 atom stereocenters. The van der Waals surface area contributed by atoms with Crippen molar-refractivity contribution in [2.24, 2.45) is 0 Å². The van der Waals surface area contributed by atoms with E-state index in [1.807, 2.05) is 36.4 Å². The van der Waals surface area contributed by atoms with Gasteiger partial charge in [0.1, 0.15) is 0 Å². The quantitative estimate of drug-likeness (QED) is 0.779. The third kappa shape index (κ3) is 2.70. The van der Waals surface area contributed by atoms with Crippen LogP contribution in [0.5, 0.6) is 0 Å². The van der Waals surface area contributed by atoms with Crippen LogP contribution in [-0.2, 0) is 6.42 Å². The summed E-state index contributed by atoms with van der Waals surface area (Å²) in [7, 11) is 0. The van der Waals surface area contributed by atoms with Gasteiger partial charge in [0, 0.05) is 18.0 Å². The number of pyridine rings is 1. The van der Waals surface area contributed by atoms with Crippen LogP contribution in [0.3, 0.4) is 0 Å². The first kappa shape index (κ1) is 12.8. The number of aromatic nitrogens is 1. The zero-order valence-corrected chi connectivity index (χ0v) is 11.5. The van der Waals surface area contributed by atoms with E-state index in [0.29, 0.717) is 6.42 Å². The second kappa shape index (κ2) is 5.43. The molecule has 2 aromatic carbocycles. The van der Waals surface area contributed by atoms with Gasteiger partial charge in [0.15, 0.2) is 0 Å². The van der Waals surface area contributed by atoms with Gasteiger partial charge < -0.3 is 5.11 Å². The van der Waals surface area contributed by atoms with E-state index in [9.17, 15) is 5.11 Å². The smallest absolute Gasteiger partial charge is 0.0831 e. The highest BCUT2D eigenvalue weighted by molar-refractivity contribution is 5.78. The lowest BCUT2D eigenvalue weighted by molar-refractivity contribution is 0.178. The van der Waals surface area contributed by atoms with Gasteiger partial charge in [-0.3, -0.25) is 4.98 Å². The van der Waals surface area contributed by atoms with Crippen LogP contribution in [0.1, 0.15) is 22.8 Å². The number of benzene rings is 2. The molecule has 0 radical (unpaired) electrons. The lowest BCUT2D eigenvalue weighted by atomic mass is 9.99. The lowest BCUT2D eigenvalue weighted by Gasteiger charge is -2.12. The van der Waals surface area contributed by atoms with Crippen molar-refractivity contribution in [1.29, 1.82) is 0 Å². The van der Waals surface area contributed by atoms with Gasteiger partial charge in [0.2, 0.25) is 0 Å². The largest absolute Gasteiger partial charge is 0.388 e. The molecule has 20 heavy (non-hydrogen) atoms. The van der Waals surface area contributed by atoms with Gasteiger partial charge in [0.25, 0.3) is 0 Å². The van der Waals surface area contributed by atoms with E-state index in [-0.39, 0.29) is 0 Å². The number of fused-ring (bicyclic) bond motifs is 1. The van der Waals surface area contributed by atoms with Gasteiger partial charge >= 0.3 is 0 Å². The molecule has 0 aliphatic rings. The average molecular weight is 263 g/mol. The van der Waals surface area contributed by atoms with Crippen LogP contribution in [0, 0.1) is 6.92 Å². The molecular formula is C18H17NO. The number of aliphatic hydroxyl groups is 1. The number of hydrogen-bond acceptors (Lipinski definition) is 2. The van der Waals surface area contributed by atoms with Crippen LogP contribution in [0.15, 0.2) is 60.8 Å². The fourth-order valence-electron chi connectivity index (χ4n) is 2.47. The maximum Gasteiger partial charge on any atom is 0.0831 e. The number of nitrogens with zero attached hydrogens (tertiary/aromatic N) is 1. The van der Waals surface area contributed by atoms with Gasteiger partial charge in [-0.2, -0.15) is 0 Å². The van der Waals surface area contributed by atoms with Crippen LogP contribution >= 0.6 is 0 Å². The maximum absolute atomic E-state index is 10.4. The summed E-state index contributed by atoms with van der Waals surface area (Å²) in [5.41, 5.74) is 4.21. The number of aryl methyl sites for hydroxylation is 1. The monoisotopic (exact) mass is 263 g/mol. The van der Waals surface area contributed by atoms with Crippen molar-refractivity contribution < 1.29 is 5.11 Å². The molecule has 3 rings (SSSR count). The van der Waals surface area contributed by atoms with Crippen LogP contribution in [0.4, 0.5) is 0 Å². The summed E-state index contributed by atoms with van der Waals surface area (Å²) in [6, 6.07) is 18.2. The number of hydrogen-bond donors (Lipinski definition) is 1. The zero-order valence-electron chi connectivity index (χ0n) is 11.5. The van der Waals surface area contributed by atoms with Crippen molar-refractivity contribution in [2.75, 3.05) is 0 Å². The van der Waals surface area contributed by atoms with Crippen molar-refractivity contribution >= 4 is 10.9 Å². The average Bonchev–Trinajstić information content (AvgIpc) is 2.47. The molecule has 3 aromatic rings. The van der Waals surface area contributed by atoms with Crippen molar-refractivity contribution in [3.05, 3.63) is 77.5 Å². The van der Waals surface area contributed by atoms with Crippen molar-refractivity contribution in [3.8, 4) is 0 Å². The predicted octanol–water partition coefficient (Wildman–Crippen LogP) is 3.82. The Morgan fingerprint density at radius 3 is 2.80 bits per heavy atom. The summed E-state index contributed by atoms with van der Waals surface area (Å²) in [6.07, 6.45) is 1.90. The molecule has 0 saturated carbocycles. The normalized spacial score (nSPS) is 12.5. The Labute approximate surface area is 118 Å². The molecule has 1 N–H and O–H groups in total. The second-order valence-corrected chi connectivity index (χ2v) is 5.16. The fraction of sp³-hybridized carbons (Fsp3) is 0.167. The Hall–Kier alpha value is -2.19. The molecular weight excluding hydrogens is 246 g/mol. The molecule has 0 amide bonds. The molecule has 1 heterocycles. The molecule has 2 heteroatoms. The van der Waals surface area contributed by atoms with E-state index in [4.69, 9.17) is 0 Å². The summed E-state index contributed by atoms with van der Waals surface area (Å²) in [4.78, 5) is 4.33.